The number of rotatable bonds is 4. The molecule has 1 aliphatic heterocycles. The topological polar surface area (TPSA) is 91.4 Å². The van der Waals surface area contributed by atoms with Gasteiger partial charge in [-0.15, -0.1) is 22.7 Å². The molecule has 1 atom stereocenters. The van der Waals surface area contributed by atoms with Gasteiger partial charge in [0.15, 0.2) is 0 Å². The average molecular weight is 398 g/mol. The number of carbonyl (C=O) groups excluding carboxylic acids is 3. The van der Waals surface area contributed by atoms with Crippen LogP contribution in [-0.2, 0) is 10.3 Å². The van der Waals surface area contributed by atoms with Crippen LogP contribution in [0.2, 0.25) is 0 Å². The molecule has 0 radical (unpaired) electrons. The lowest BCUT2D eigenvalue weighted by Gasteiger charge is -2.21. The average Bonchev–Trinajstić information content (AvgIpc) is 3.40. The van der Waals surface area contributed by atoms with E-state index in [2.05, 4.69) is 15.7 Å². The summed E-state index contributed by atoms with van der Waals surface area (Å²) in [7, 11) is 0. The van der Waals surface area contributed by atoms with Crippen molar-refractivity contribution in [3.05, 3.63) is 64.5 Å². The van der Waals surface area contributed by atoms with E-state index in [0.29, 0.717) is 15.6 Å². The van der Waals surface area contributed by atoms with Gasteiger partial charge in [-0.05, 0) is 23.9 Å². The summed E-state index contributed by atoms with van der Waals surface area (Å²) >= 11 is 2.85. The van der Waals surface area contributed by atoms with Crippen LogP contribution < -0.4 is 10.7 Å². The lowest BCUT2D eigenvalue weighted by molar-refractivity contribution is -0.132. The van der Waals surface area contributed by atoms with Gasteiger partial charge >= 0.3 is 6.03 Å². The van der Waals surface area contributed by atoms with Crippen molar-refractivity contribution in [2.75, 3.05) is 0 Å². The highest BCUT2D eigenvalue weighted by Crippen LogP contribution is 2.29. The maximum Gasteiger partial charge on any atom is 0.344 e. The van der Waals surface area contributed by atoms with Gasteiger partial charge in [0.25, 0.3) is 11.8 Å². The Balaban J connectivity index is 1.53. The van der Waals surface area contributed by atoms with Gasteiger partial charge in [0, 0.05) is 5.38 Å². The minimum atomic E-state index is -1.24. The summed E-state index contributed by atoms with van der Waals surface area (Å²) in [4.78, 5) is 42.8. The highest BCUT2D eigenvalue weighted by atomic mass is 32.1. The Kier molecular flexibility index (Phi) is 4.25. The molecule has 1 unspecified atom stereocenters. The smallest absolute Gasteiger partial charge is 0.318 e. The van der Waals surface area contributed by atoms with Crippen LogP contribution in [0.3, 0.4) is 0 Å². The predicted octanol–water partition coefficient (Wildman–Crippen LogP) is 2.98. The fourth-order valence-electron chi connectivity index (χ4n) is 2.76. The second kappa shape index (κ2) is 6.60. The van der Waals surface area contributed by atoms with Crippen LogP contribution in [0, 0.1) is 0 Å². The number of aromatic nitrogens is 1. The number of nitrogens with zero attached hydrogens (tertiary/aromatic N) is 2. The van der Waals surface area contributed by atoms with Crippen LogP contribution >= 0.6 is 22.7 Å². The third kappa shape index (κ3) is 3.00. The van der Waals surface area contributed by atoms with E-state index in [0.717, 1.165) is 4.88 Å². The quantitative estimate of drug-likeness (QED) is 0.661. The van der Waals surface area contributed by atoms with Crippen molar-refractivity contribution in [3.63, 3.8) is 0 Å². The maximum atomic E-state index is 12.8. The molecule has 1 aliphatic rings. The van der Waals surface area contributed by atoms with Gasteiger partial charge in [-0.25, -0.2) is 9.78 Å². The number of urea groups is 1. The lowest BCUT2D eigenvalue weighted by Crippen LogP contribution is -2.48. The summed E-state index contributed by atoms with van der Waals surface area (Å²) in [6.07, 6.45) is 0. The molecule has 0 aliphatic carbocycles. The van der Waals surface area contributed by atoms with E-state index in [1.54, 1.807) is 36.6 Å². The number of carbonyl (C=O) groups is 3. The zero-order valence-electron chi connectivity index (χ0n) is 14.1. The fraction of sp³-hybridized carbons (Fsp3) is 0.111. The number of thiophene rings is 1. The Morgan fingerprint density at radius 2 is 1.93 bits per heavy atom. The van der Waals surface area contributed by atoms with Crippen molar-refractivity contribution in [1.29, 1.82) is 0 Å². The van der Waals surface area contributed by atoms with Crippen LogP contribution in [0.5, 0.6) is 0 Å². The minimum Gasteiger partial charge on any atom is -0.318 e. The fourth-order valence-corrected chi connectivity index (χ4v) is 4.37. The van der Waals surface area contributed by atoms with Gasteiger partial charge in [-0.1, -0.05) is 36.4 Å². The van der Waals surface area contributed by atoms with Gasteiger partial charge in [-0.3, -0.25) is 15.0 Å². The van der Waals surface area contributed by atoms with Crippen LogP contribution in [0.25, 0.3) is 9.88 Å². The van der Waals surface area contributed by atoms with E-state index in [1.165, 1.54) is 22.7 Å². The summed E-state index contributed by atoms with van der Waals surface area (Å²) in [6, 6.07) is 12.0. The highest BCUT2D eigenvalue weighted by Gasteiger charge is 2.50. The van der Waals surface area contributed by atoms with E-state index >= 15 is 0 Å². The first kappa shape index (κ1) is 17.4. The van der Waals surface area contributed by atoms with Crippen LogP contribution in [0.1, 0.15) is 23.0 Å². The van der Waals surface area contributed by atoms with Crippen LogP contribution in [0.4, 0.5) is 4.79 Å². The minimum absolute atomic E-state index is 0.150. The van der Waals surface area contributed by atoms with E-state index < -0.39 is 23.4 Å². The monoisotopic (exact) mass is 398 g/mol. The molecule has 27 heavy (non-hydrogen) atoms. The van der Waals surface area contributed by atoms with Crippen LogP contribution in [0.15, 0.2) is 53.2 Å². The third-order valence-corrected chi connectivity index (χ3v) is 6.11. The molecule has 1 aromatic carbocycles. The Hall–Kier alpha value is -3.04. The summed E-state index contributed by atoms with van der Waals surface area (Å²) in [6.45, 7) is 1.60. The molecule has 4 rings (SSSR count). The van der Waals surface area contributed by atoms with Crippen molar-refractivity contribution in [3.8, 4) is 9.88 Å². The van der Waals surface area contributed by atoms with Crippen molar-refractivity contribution < 1.29 is 14.4 Å². The number of thiazole rings is 1. The molecule has 0 bridgehead atoms. The number of hydrazine groups is 1. The van der Waals surface area contributed by atoms with Gasteiger partial charge in [0.2, 0.25) is 0 Å². The Bertz CT molecular complexity index is 1020. The Morgan fingerprint density at radius 1 is 1.15 bits per heavy atom. The van der Waals surface area contributed by atoms with Crippen molar-refractivity contribution in [1.82, 2.24) is 20.7 Å². The van der Waals surface area contributed by atoms with Crippen LogP contribution in [-0.4, -0.2) is 27.8 Å². The van der Waals surface area contributed by atoms with E-state index in [4.69, 9.17) is 0 Å². The molecule has 1 fully saturated rings. The molecule has 1 saturated heterocycles. The molecular formula is C18H14N4O3S2. The molecule has 0 spiro atoms. The van der Waals surface area contributed by atoms with E-state index in [1.807, 2.05) is 23.6 Å². The zero-order valence-corrected chi connectivity index (χ0v) is 15.8. The molecule has 7 nitrogen and oxygen atoms in total. The molecule has 2 aromatic heterocycles. The molecule has 136 valence electrons. The van der Waals surface area contributed by atoms with Gasteiger partial charge < -0.3 is 5.32 Å². The number of nitrogens with one attached hydrogen (secondary N) is 2. The summed E-state index contributed by atoms with van der Waals surface area (Å²) in [5, 5.41) is 7.58. The van der Waals surface area contributed by atoms with E-state index in [-0.39, 0.29) is 5.69 Å². The Morgan fingerprint density at radius 3 is 2.63 bits per heavy atom. The van der Waals surface area contributed by atoms with Gasteiger partial charge in [-0.2, -0.15) is 5.01 Å². The highest BCUT2D eigenvalue weighted by molar-refractivity contribution is 7.20. The number of amides is 4. The van der Waals surface area contributed by atoms with Gasteiger partial charge in [0.1, 0.15) is 16.2 Å². The zero-order chi connectivity index (χ0) is 19.0. The first-order valence-electron chi connectivity index (χ1n) is 8.01. The normalized spacial score (nSPS) is 19.2. The maximum absolute atomic E-state index is 12.8. The second-order valence-electron chi connectivity index (χ2n) is 6.02. The molecule has 3 aromatic rings. The second-order valence-corrected chi connectivity index (χ2v) is 7.82. The SMILES string of the molecule is CC1(c2ccccc2)NC(=O)N(NC(=O)c2csc(-c3cccs3)n2)C1=O. The molecule has 3 heterocycles. The van der Waals surface area contributed by atoms with Crippen molar-refractivity contribution in [2.24, 2.45) is 0 Å². The summed E-state index contributed by atoms with van der Waals surface area (Å²) in [5.74, 6) is -1.17. The van der Waals surface area contributed by atoms with Gasteiger partial charge in [0.05, 0.1) is 4.88 Å². The summed E-state index contributed by atoms with van der Waals surface area (Å²) < 4.78 is 0. The first-order chi connectivity index (χ1) is 13.0. The summed E-state index contributed by atoms with van der Waals surface area (Å²) in [5.41, 5.74) is 1.90. The molecular weight excluding hydrogens is 384 g/mol. The first-order valence-corrected chi connectivity index (χ1v) is 9.77. The third-order valence-electron chi connectivity index (χ3n) is 4.22. The largest absolute Gasteiger partial charge is 0.344 e. The lowest BCUT2D eigenvalue weighted by atomic mass is 9.92. The molecule has 2 N–H and O–H groups in total. The standard InChI is InChI=1S/C18H14N4O3S2/c1-18(11-6-3-2-4-7-11)16(24)22(17(25)20-18)21-14(23)12-10-27-15(19-12)13-8-5-9-26-13/h2-10H,1H3,(H,20,25)(H,21,23). The number of benzene rings is 1. The predicted molar refractivity (Wildman–Crippen MR) is 102 cm³/mol. The number of hydrogen-bond donors (Lipinski definition) is 2. The molecule has 0 saturated carbocycles. The number of hydrogen-bond acceptors (Lipinski definition) is 6. The molecule has 9 heteroatoms. The van der Waals surface area contributed by atoms with Crippen molar-refractivity contribution >= 4 is 40.5 Å². The van der Waals surface area contributed by atoms with E-state index in [9.17, 15) is 14.4 Å². The Labute approximate surface area is 162 Å². The number of imide groups is 1. The molecule has 4 amide bonds. The van der Waals surface area contributed by atoms with Crippen molar-refractivity contribution in [2.45, 2.75) is 12.5 Å².